The number of ether oxygens (including phenoxy) is 1. The largest absolute Gasteiger partial charge is 0.480 e. The average molecular weight is 287 g/mol. The number of hydrogen-bond donors (Lipinski definition) is 2. The molecule has 19 heavy (non-hydrogen) atoms. The second kappa shape index (κ2) is 7.42. The minimum Gasteiger partial charge on any atom is -0.480 e. The number of carboxylic acids is 1. The number of aromatic nitrogens is 1. The smallest absolute Gasteiger partial charge is 0.326 e. The summed E-state index contributed by atoms with van der Waals surface area (Å²) in [7, 11) is 1.65. The first-order valence-electron chi connectivity index (χ1n) is 6.13. The SMILES string of the molecule is COCCN(CC(C)C)c1nc(C(N)C(=O)O)cs1. The van der Waals surface area contributed by atoms with Crippen molar-refractivity contribution < 1.29 is 14.6 Å². The van der Waals surface area contributed by atoms with Crippen molar-refractivity contribution in [3.8, 4) is 0 Å². The molecule has 1 aromatic heterocycles. The third-order valence-electron chi connectivity index (χ3n) is 2.52. The van der Waals surface area contributed by atoms with Crippen LogP contribution < -0.4 is 10.6 Å². The molecule has 0 spiro atoms. The van der Waals surface area contributed by atoms with Crippen molar-refractivity contribution in [3.63, 3.8) is 0 Å². The number of thiazole rings is 1. The Morgan fingerprint density at radius 2 is 2.32 bits per heavy atom. The first-order valence-corrected chi connectivity index (χ1v) is 7.01. The van der Waals surface area contributed by atoms with Gasteiger partial charge in [0.2, 0.25) is 0 Å². The van der Waals surface area contributed by atoms with Crippen LogP contribution >= 0.6 is 11.3 Å². The molecular weight excluding hydrogens is 266 g/mol. The van der Waals surface area contributed by atoms with E-state index in [9.17, 15) is 4.79 Å². The summed E-state index contributed by atoms with van der Waals surface area (Å²) in [5.41, 5.74) is 5.96. The van der Waals surface area contributed by atoms with Crippen LogP contribution in [0.5, 0.6) is 0 Å². The lowest BCUT2D eigenvalue weighted by Gasteiger charge is -2.23. The zero-order valence-corrected chi connectivity index (χ0v) is 12.3. The van der Waals surface area contributed by atoms with E-state index in [4.69, 9.17) is 15.6 Å². The van der Waals surface area contributed by atoms with Crippen molar-refractivity contribution in [2.45, 2.75) is 19.9 Å². The van der Waals surface area contributed by atoms with Crippen LogP contribution in [0.3, 0.4) is 0 Å². The standard InChI is InChI=1S/C12H21N3O3S/c1-8(2)6-15(4-5-18-3)12-14-9(7-19-12)10(13)11(16)17/h7-8,10H,4-6,13H2,1-3H3,(H,16,17). The summed E-state index contributed by atoms with van der Waals surface area (Å²) in [5.74, 6) is -0.582. The minimum absolute atomic E-state index is 0.402. The van der Waals surface area contributed by atoms with E-state index in [-0.39, 0.29) is 0 Å². The van der Waals surface area contributed by atoms with Gasteiger partial charge in [0, 0.05) is 25.6 Å². The Morgan fingerprint density at radius 3 is 2.84 bits per heavy atom. The normalized spacial score (nSPS) is 12.7. The summed E-state index contributed by atoms with van der Waals surface area (Å²) >= 11 is 1.41. The molecule has 0 amide bonds. The Hall–Kier alpha value is -1.18. The molecule has 1 aromatic rings. The van der Waals surface area contributed by atoms with E-state index in [1.165, 1.54) is 11.3 Å². The lowest BCUT2D eigenvalue weighted by atomic mass is 10.2. The number of carbonyl (C=O) groups is 1. The van der Waals surface area contributed by atoms with E-state index in [0.717, 1.165) is 18.2 Å². The predicted octanol–water partition coefficient (Wildman–Crippen LogP) is 1.34. The number of aliphatic carboxylic acids is 1. The van der Waals surface area contributed by atoms with Gasteiger partial charge in [-0.3, -0.25) is 4.79 Å². The quantitative estimate of drug-likeness (QED) is 0.750. The van der Waals surface area contributed by atoms with E-state index in [1.54, 1.807) is 12.5 Å². The van der Waals surface area contributed by atoms with Gasteiger partial charge in [-0.05, 0) is 5.92 Å². The first kappa shape index (κ1) is 15.9. The summed E-state index contributed by atoms with van der Waals surface area (Å²) in [6.45, 7) is 6.42. The molecule has 1 rings (SSSR count). The van der Waals surface area contributed by atoms with Crippen LogP contribution in [0.2, 0.25) is 0 Å². The molecular formula is C12H21N3O3S. The maximum atomic E-state index is 10.8. The topological polar surface area (TPSA) is 88.7 Å². The lowest BCUT2D eigenvalue weighted by Crippen LogP contribution is -2.31. The molecule has 0 bridgehead atoms. The van der Waals surface area contributed by atoms with Crippen LogP contribution in [0.25, 0.3) is 0 Å². The number of carboxylic acid groups (broad SMARTS) is 1. The number of rotatable bonds is 8. The summed E-state index contributed by atoms with van der Waals surface area (Å²) in [6.07, 6.45) is 0. The molecule has 0 fully saturated rings. The third kappa shape index (κ3) is 4.77. The van der Waals surface area contributed by atoms with E-state index in [1.807, 2.05) is 0 Å². The number of hydrogen-bond acceptors (Lipinski definition) is 6. The maximum absolute atomic E-state index is 10.8. The molecule has 6 nitrogen and oxygen atoms in total. The Labute approximate surface area is 117 Å². The molecule has 0 aromatic carbocycles. The molecule has 0 saturated heterocycles. The van der Waals surface area contributed by atoms with Gasteiger partial charge in [-0.1, -0.05) is 13.8 Å². The second-order valence-corrected chi connectivity index (χ2v) is 5.54. The molecule has 7 heteroatoms. The van der Waals surface area contributed by atoms with Gasteiger partial charge in [0.05, 0.1) is 12.3 Å². The Kier molecular flexibility index (Phi) is 6.20. The van der Waals surface area contributed by atoms with Gasteiger partial charge in [-0.2, -0.15) is 0 Å². The summed E-state index contributed by atoms with van der Waals surface area (Å²) < 4.78 is 5.08. The molecule has 108 valence electrons. The van der Waals surface area contributed by atoms with Crippen LogP contribution in [0.15, 0.2) is 5.38 Å². The highest BCUT2D eigenvalue weighted by Gasteiger charge is 2.20. The fraction of sp³-hybridized carbons (Fsp3) is 0.667. The zero-order chi connectivity index (χ0) is 14.4. The Morgan fingerprint density at radius 1 is 1.63 bits per heavy atom. The molecule has 0 aliphatic heterocycles. The molecule has 0 radical (unpaired) electrons. The van der Waals surface area contributed by atoms with Crippen LogP contribution in [0.4, 0.5) is 5.13 Å². The van der Waals surface area contributed by atoms with Gasteiger partial charge in [0.15, 0.2) is 5.13 Å². The minimum atomic E-state index is -1.07. The fourth-order valence-corrected chi connectivity index (χ4v) is 2.50. The van der Waals surface area contributed by atoms with Crippen LogP contribution in [-0.4, -0.2) is 42.9 Å². The predicted molar refractivity (Wildman–Crippen MR) is 75.6 cm³/mol. The van der Waals surface area contributed by atoms with Crippen molar-refractivity contribution in [3.05, 3.63) is 11.1 Å². The monoisotopic (exact) mass is 287 g/mol. The van der Waals surface area contributed by atoms with Crippen LogP contribution in [0.1, 0.15) is 25.6 Å². The maximum Gasteiger partial charge on any atom is 0.326 e. The van der Waals surface area contributed by atoms with Crippen molar-refractivity contribution >= 4 is 22.4 Å². The number of methoxy groups -OCH3 is 1. The van der Waals surface area contributed by atoms with Crippen LogP contribution in [0, 0.1) is 5.92 Å². The van der Waals surface area contributed by atoms with Crippen LogP contribution in [-0.2, 0) is 9.53 Å². The van der Waals surface area contributed by atoms with E-state index in [2.05, 4.69) is 23.7 Å². The van der Waals surface area contributed by atoms with Crippen molar-refractivity contribution in [1.82, 2.24) is 4.98 Å². The van der Waals surface area contributed by atoms with Gasteiger partial charge < -0.3 is 20.5 Å². The number of nitrogens with zero attached hydrogens (tertiary/aromatic N) is 2. The molecule has 3 N–H and O–H groups in total. The zero-order valence-electron chi connectivity index (χ0n) is 11.5. The van der Waals surface area contributed by atoms with Gasteiger partial charge in [0.25, 0.3) is 0 Å². The van der Waals surface area contributed by atoms with Crippen molar-refractivity contribution in [1.29, 1.82) is 0 Å². The lowest BCUT2D eigenvalue weighted by molar-refractivity contribution is -0.138. The summed E-state index contributed by atoms with van der Waals surface area (Å²) in [6, 6.07) is -1.06. The fourth-order valence-electron chi connectivity index (χ4n) is 1.60. The van der Waals surface area contributed by atoms with Gasteiger partial charge in [-0.25, -0.2) is 4.98 Å². The van der Waals surface area contributed by atoms with E-state index < -0.39 is 12.0 Å². The molecule has 1 unspecified atom stereocenters. The number of nitrogens with two attached hydrogens (primary N) is 1. The summed E-state index contributed by atoms with van der Waals surface area (Å²) in [5, 5.41) is 11.4. The number of anilines is 1. The summed E-state index contributed by atoms with van der Waals surface area (Å²) in [4.78, 5) is 17.2. The Balaban J connectivity index is 2.81. The second-order valence-electron chi connectivity index (χ2n) is 4.70. The molecule has 0 aliphatic carbocycles. The van der Waals surface area contributed by atoms with E-state index in [0.29, 0.717) is 18.2 Å². The van der Waals surface area contributed by atoms with Gasteiger partial charge >= 0.3 is 5.97 Å². The highest BCUT2D eigenvalue weighted by Crippen LogP contribution is 2.24. The van der Waals surface area contributed by atoms with Crippen molar-refractivity contribution in [2.24, 2.45) is 11.7 Å². The first-order chi connectivity index (χ1) is 8.95. The Bertz CT molecular complexity index is 409. The third-order valence-corrected chi connectivity index (χ3v) is 3.44. The molecule has 0 saturated carbocycles. The molecule has 0 aliphatic rings. The van der Waals surface area contributed by atoms with E-state index >= 15 is 0 Å². The van der Waals surface area contributed by atoms with Gasteiger partial charge in [0.1, 0.15) is 6.04 Å². The van der Waals surface area contributed by atoms with Crippen molar-refractivity contribution in [2.75, 3.05) is 31.7 Å². The average Bonchev–Trinajstić information content (AvgIpc) is 2.82. The highest BCUT2D eigenvalue weighted by molar-refractivity contribution is 7.13. The highest BCUT2D eigenvalue weighted by atomic mass is 32.1. The van der Waals surface area contributed by atoms with Gasteiger partial charge in [-0.15, -0.1) is 11.3 Å². The molecule has 1 heterocycles. The molecule has 1 atom stereocenters.